The molecule has 1 fully saturated rings. The molecule has 98 valence electrons. The summed E-state index contributed by atoms with van der Waals surface area (Å²) in [6.07, 6.45) is 4.01. The number of aryl methyl sites for hydroxylation is 1. The van der Waals surface area contributed by atoms with Gasteiger partial charge in [-0.15, -0.1) is 0 Å². The Balaban J connectivity index is 1.89. The predicted octanol–water partition coefficient (Wildman–Crippen LogP) is 1.96. The number of benzene rings is 1. The van der Waals surface area contributed by atoms with Crippen LogP contribution in [0.15, 0.2) is 24.3 Å². The van der Waals surface area contributed by atoms with Gasteiger partial charge in [0.25, 0.3) is 0 Å². The van der Waals surface area contributed by atoms with Crippen molar-refractivity contribution >= 4 is 5.97 Å². The highest BCUT2D eigenvalue weighted by Gasteiger charge is 2.25. The van der Waals surface area contributed by atoms with Crippen LogP contribution >= 0.6 is 0 Å². The Morgan fingerprint density at radius 1 is 1.33 bits per heavy atom. The Hall–Kier alpha value is -1.55. The molecule has 0 amide bonds. The fraction of sp³-hybridized carbons (Fsp3) is 0.500. The zero-order valence-electron chi connectivity index (χ0n) is 10.3. The topological polar surface area (TPSA) is 72.5 Å². The van der Waals surface area contributed by atoms with Crippen LogP contribution in [0.25, 0.3) is 0 Å². The van der Waals surface area contributed by atoms with Gasteiger partial charge >= 0.3 is 5.97 Å². The van der Waals surface area contributed by atoms with Gasteiger partial charge in [0.1, 0.15) is 11.9 Å². The molecule has 3 N–H and O–H groups in total. The van der Waals surface area contributed by atoms with Crippen molar-refractivity contribution in [3.63, 3.8) is 0 Å². The quantitative estimate of drug-likeness (QED) is 0.836. The van der Waals surface area contributed by atoms with Gasteiger partial charge in [-0.1, -0.05) is 12.1 Å². The third-order valence-corrected chi connectivity index (χ3v) is 3.34. The average molecular weight is 249 g/mol. The Labute approximate surface area is 107 Å². The van der Waals surface area contributed by atoms with Gasteiger partial charge in [0.15, 0.2) is 0 Å². The van der Waals surface area contributed by atoms with Crippen molar-refractivity contribution in [1.82, 2.24) is 0 Å². The summed E-state index contributed by atoms with van der Waals surface area (Å²) in [5, 5.41) is 8.61. The van der Waals surface area contributed by atoms with Gasteiger partial charge in [0.2, 0.25) is 0 Å². The lowest BCUT2D eigenvalue weighted by Crippen LogP contribution is -2.33. The molecule has 1 aromatic carbocycles. The minimum atomic E-state index is -0.771. The van der Waals surface area contributed by atoms with E-state index in [-0.39, 0.29) is 18.6 Å². The highest BCUT2D eigenvalue weighted by molar-refractivity contribution is 5.67. The standard InChI is InChI=1S/C14H19NO3/c15-12-2-1-3-13(12)18-11-7-4-10(5-8-11)6-9-14(16)17/h4-5,7-8,12-13H,1-3,6,9,15H2,(H,16,17). The van der Waals surface area contributed by atoms with Gasteiger partial charge in [0, 0.05) is 12.5 Å². The Kier molecular flexibility index (Phi) is 4.20. The van der Waals surface area contributed by atoms with Crippen LogP contribution in [0, 0.1) is 0 Å². The number of hydrogen-bond acceptors (Lipinski definition) is 3. The molecule has 2 unspecified atom stereocenters. The fourth-order valence-electron chi connectivity index (χ4n) is 2.26. The van der Waals surface area contributed by atoms with E-state index in [4.69, 9.17) is 15.6 Å². The lowest BCUT2D eigenvalue weighted by atomic mass is 10.1. The van der Waals surface area contributed by atoms with E-state index in [9.17, 15) is 4.79 Å². The SMILES string of the molecule is NC1CCCC1Oc1ccc(CCC(=O)O)cc1. The average Bonchev–Trinajstić information content (AvgIpc) is 2.74. The van der Waals surface area contributed by atoms with Crippen LogP contribution in [0.4, 0.5) is 0 Å². The molecule has 0 saturated heterocycles. The number of aliphatic carboxylic acids is 1. The van der Waals surface area contributed by atoms with E-state index in [1.807, 2.05) is 24.3 Å². The molecule has 0 aliphatic heterocycles. The second kappa shape index (κ2) is 5.87. The Morgan fingerprint density at radius 2 is 2.06 bits per heavy atom. The summed E-state index contributed by atoms with van der Waals surface area (Å²) in [5.74, 6) is 0.0451. The first-order chi connectivity index (χ1) is 8.65. The van der Waals surface area contributed by atoms with Gasteiger partial charge in [-0.25, -0.2) is 0 Å². The maximum atomic E-state index is 10.5. The molecule has 1 aliphatic carbocycles. The number of carboxylic acids is 1. The van der Waals surface area contributed by atoms with Gasteiger partial charge in [0.05, 0.1) is 0 Å². The Bertz CT molecular complexity index is 402. The van der Waals surface area contributed by atoms with Crippen molar-refractivity contribution in [3.8, 4) is 5.75 Å². The molecular formula is C14H19NO3. The van der Waals surface area contributed by atoms with Crippen molar-refractivity contribution in [1.29, 1.82) is 0 Å². The van der Waals surface area contributed by atoms with Gasteiger partial charge in [-0.3, -0.25) is 4.79 Å². The smallest absolute Gasteiger partial charge is 0.303 e. The summed E-state index contributed by atoms with van der Waals surface area (Å²) in [5.41, 5.74) is 6.96. The number of carboxylic acid groups (broad SMARTS) is 1. The number of carbonyl (C=O) groups is 1. The molecule has 1 aliphatic rings. The van der Waals surface area contributed by atoms with E-state index in [2.05, 4.69) is 0 Å². The lowest BCUT2D eigenvalue weighted by Gasteiger charge is -2.17. The Morgan fingerprint density at radius 3 is 2.61 bits per heavy atom. The van der Waals surface area contributed by atoms with Gasteiger partial charge in [-0.2, -0.15) is 0 Å². The normalized spacial score (nSPS) is 22.9. The van der Waals surface area contributed by atoms with E-state index in [0.717, 1.165) is 30.6 Å². The predicted molar refractivity (Wildman–Crippen MR) is 68.6 cm³/mol. The van der Waals surface area contributed by atoms with Crippen molar-refractivity contribution in [2.45, 2.75) is 44.2 Å². The zero-order valence-corrected chi connectivity index (χ0v) is 10.3. The number of ether oxygens (including phenoxy) is 1. The van der Waals surface area contributed by atoms with Crippen LogP contribution in [-0.4, -0.2) is 23.2 Å². The maximum absolute atomic E-state index is 10.5. The van der Waals surface area contributed by atoms with Crippen molar-refractivity contribution in [2.75, 3.05) is 0 Å². The summed E-state index contributed by atoms with van der Waals surface area (Å²) < 4.78 is 5.83. The molecule has 0 heterocycles. The summed E-state index contributed by atoms with van der Waals surface area (Å²) in [6.45, 7) is 0. The second-order valence-electron chi connectivity index (χ2n) is 4.79. The first-order valence-electron chi connectivity index (χ1n) is 6.38. The highest BCUT2D eigenvalue weighted by Crippen LogP contribution is 2.23. The van der Waals surface area contributed by atoms with Crippen LogP contribution < -0.4 is 10.5 Å². The maximum Gasteiger partial charge on any atom is 0.303 e. The molecule has 18 heavy (non-hydrogen) atoms. The zero-order chi connectivity index (χ0) is 13.0. The molecule has 4 heteroatoms. The van der Waals surface area contributed by atoms with Gasteiger partial charge in [-0.05, 0) is 43.4 Å². The van der Waals surface area contributed by atoms with Crippen LogP contribution in [0.3, 0.4) is 0 Å². The minimum Gasteiger partial charge on any atom is -0.489 e. The van der Waals surface area contributed by atoms with Crippen molar-refractivity contribution < 1.29 is 14.6 Å². The molecular weight excluding hydrogens is 230 g/mol. The van der Waals surface area contributed by atoms with Crippen LogP contribution in [-0.2, 0) is 11.2 Å². The van der Waals surface area contributed by atoms with Crippen molar-refractivity contribution in [3.05, 3.63) is 29.8 Å². The van der Waals surface area contributed by atoms with E-state index < -0.39 is 5.97 Å². The number of hydrogen-bond donors (Lipinski definition) is 2. The molecule has 2 rings (SSSR count). The van der Waals surface area contributed by atoms with Crippen LogP contribution in [0.2, 0.25) is 0 Å². The minimum absolute atomic E-state index is 0.120. The third kappa shape index (κ3) is 3.47. The van der Waals surface area contributed by atoms with Crippen LogP contribution in [0.5, 0.6) is 5.75 Å². The van der Waals surface area contributed by atoms with Crippen LogP contribution in [0.1, 0.15) is 31.2 Å². The molecule has 2 atom stereocenters. The molecule has 0 radical (unpaired) electrons. The van der Waals surface area contributed by atoms with E-state index in [1.165, 1.54) is 0 Å². The first kappa shape index (κ1) is 12.9. The highest BCUT2D eigenvalue weighted by atomic mass is 16.5. The largest absolute Gasteiger partial charge is 0.489 e. The summed E-state index contributed by atoms with van der Waals surface area (Å²) >= 11 is 0. The molecule has 4 nitrogen and oxygen atoms in total. The molecule has 0 aromatic heterocycles. The second-order valence-corrected chi connectivity index (χ2v) is 4.79. The van der Waals surface area contributed by atoms with E-state index in [0.29, 0.717) is 6.42 Å². The number of nitrogens with two attached hydrogens (primary N) is 1. The monoisotopic (exact) mass is 249 g/mol. The summed E-state index contributed by atoms with van der Waals surface area (Å²) in [6, 6.07) is 7.75. The van der Waals surface area contributed by atoms with Gasteiger partial charge < -0.3 is 15.6 Å². The number of rotatable bonds is 5. The fourth-order valence-corrected chi connectivity index (χ4v) is 2.26. The summed E-state index contributed by atoms with van der Waals surface area (Å²) in [7, 11) is 0. The van der Waals surface area contributed by atoms with E-state index in [1.54, 1.807) is 0 Å². The first-order valence-corrected chi connectivity index (χ1v) is 6.38. The molecule has 1 saturated carbocycles. The van der Waals surface area contributed by atoms with E-state index >= 15 is 0 Å². The third-order valence-electron chi connectivity index (χ3n) is 3.34. The molecule has 0 bridgehead atoms. The molecule has 1 aromatic rings. The summed E-state index contributed by atoms with van der Waals surface area (Å²) in [4.78, 5) is 10.5. The molecule has 0 spiro atoms. The lowest BCUT2D eigenvalue weighted by molar-refractivity contribution is -0.136. The van der Waals surface area contributed by atoms with Crippen molar-refractivity contribution in [2.24, 2.45) is 5.73 Å².